The van der Waals surface area contributed by atoms with Gasteiger partial charge in [-0.05, 0) is 48.8 Å². The Hall–Kier alpha value is -1.95. The third-order valence-corrected chi connectivity index (χ3v) is 3.20. The molecule has 19 heavy (non-hydrogen) atoms. The van der Waals surface area contributed by atoms with E-state index >= 15 is 0 Å². The molecule has 2 aliphatic rings. The minimum Gasteiger partial charge on any atom is -0.344 e. The van der Waals surface area contributed by atoms with Crippen molar-refractivity contribution >= 4 is 0 Å². The Bertz CT molecular complexity index is 520. The summed E-state index contributed by atoms with van der Waals surface area (Å²) in [5, 5.41) is 1.96. The van der Waals surface area contributed by atoms with Crippen LogP contribution in [0.5, 0.6) is 0 Å². The van der Waals surface area contributed by atoms with E-state index in [4.69, 9.17) is 5.73 Å². The van der Waals surface area contributed by atoms with E-state index in [2.05, 4.69) is 16.5 Å². The standard InChI is InChI=1S/C14H16N4.H3N/c15-14(7-4-12-5-8-16-9-6-12)11-13-3-1-2-10-18(13)17-14;/h1-3,5-6,8-11,17H,4,7,15H2;1H3. The smallest absolute Gasteiger partial charge is 0.106 e. The van der Waals surface area contributed by atoms with Crippen molar-refractivity contribution in [2.75, 3.05) is 0 Å². The van der Waals surface area contributed by atoms with Gasteiger partial charge in [-0.2, -0.15) is 0 Å². The van der Waals surface area contributed by atoms with E-state index in [9.17, 15) is 0 Å². The van der Waals surface area contributed by atoms with Crippen molar-refractivity contribution in [3.05, 3.63) is 66.3 Å². The molecule has 5 heteroatoms. The number of hydrogen-bond acceptors (Lipinski definition) is 5. The minimum absolute atomic E-state index is 0. The molecule has 2 aliphatic heterocycles. The van der Waals surface area contributed by atoms with Crippen molar-refractivity contribution in [1.82, 2.24) is 21.6 Å². The first-order valence-corrected chi connectivity index (χ1v) is 6.08. The number of rotatable bonds is 3. The van der Waals surface area contributed by atoms with Crippen LogP contribution in [0, 0.1) is 0 Å². The quantitative estimate of drug-likeness (QED) is 0.765. The maximum absolute atomic E-state index is 6.35. The second-order valence-corrected chi connectivity index (χ2v) is 4.65. The molecule has 3 rings (SSSR count). The summed E-state index contributed by atoms with van der Waals surface area (Å²) in [6, 6.07) is 4.05. The summed E-state index contributed by atoms with van der Waals surface area (Å²) in [4.78, 5) is 4.02. The van der Waals surface area contributed by atoms with Gasteiger partial charge in [-0.25, -0.2) is 5.43 Å². The normalized spacial score (nSPS) is 23.8. The third kappa shape index (κ3) is 2.90. The highest BCUT2D eigenvalue weighted by Crippen LogP contribution is 2.24. The van der Waals surface area contributed by atoms with Gasteiger partial charge in [0, 0.05) is 18.6 Å². The first-order valence-electron chi connectivity index (χ1n) is 6.08. The molecule has 6 N–H and O–H groups in total. The van der Waals surface area contributed by atoms with Crippen LogP contribution in [0.25, 0.3) is 0 Å². The summed E-state index contributed by atoms with van der Waals surface area (Å²) in [6.45, 7) is 0. The summed E-state index contributed by atoms with van der Waals surface area (Å²) in [5.41, 5.74) is 11.5. The molecule has 5 nitrogen and oxygen atoms in total. The predicted octanol–water partition coefficient (Wildman–Crippen LogP) is 1.62. The second-order valence-electron chi connectivity index (χ2n) is 4.65. The van der Waals surface area contributed by atoms with Crippen molar-refractivity contribution in [2.24, 2.45) is 5.73 Å². The lowest BCUT2D eigenvalue weighted by Gasteiger charge is -2.26. The number of nitrogens with one attached hydrogen (secondary N) is 1. The predicted molar refractivity (Wildman–Crippen MR) is 75.8 cm³/mol. The second kappa shape index (κ2) is 5.36. The van der Waals surface area contributed by atoms with Gasteiger partial charge in [0.15, 0.2) is 0 Å². The number of aryl methyl sites for hydroxylation is 1. The van der Waals surface area contributed by atoms with Gasteiger partial charge in [-0.3, -0.25) is 9.99 Å². The molecule has 1 aromatic rings. The number of nitrogens with zero attached hydrogens (tertiary/aromatic N) is 2. The molecule has 0 aromatic carbocycles. The zero-order valence-electron chi connectivity index (χ0n) is 10.8. The summed E-state index contributed by atoms with van der Waals surface area (Å²) in [7, 11) is 0. The Morgan fingerprint density at radius 3 is 2.79 bits per heavy atom. The van der Waals surface area contributed by atoms with Gasteiger partial charge >= 0.3 is 0 Å². The van der Waals surface area contributed by atoms with Gasteiger partial charge in [0.05, 0.1) is 5.70 Å². The maximum atomic E-state index is 6.35. The van der Waals surface area contributed by atoms with Crippen LogP contribution in [0.4, 0.5) is 0 Å². The Morgan fingerprint density at radius 1 is 1.26 bits per heavy atom. The highest BCUT2D eigenvalue weighted by molar-refractivity contribution is 5.33. The topological polar surface area (TPSA) is 89.2 Å². The van der Waals surface area contributed by atoms with Crippen molar-refractivity contribution in [2.45, 2.75) is 18.5 Å². The van der Waals surface area contributed by atoms with Crippen LogP contribution in [-0.2, 0) is 6.42 Å². The van der Waals surface area contributed by atoms with E-state index < -0.39 is 5.66 Å². The zero-order valence-corrected chi connectivity index (χ0v) is 10.8. The molecule has 0 aliphatic carbocycles. The molecule has 0 saturated heterocycles. The lowest BCUT2D eigenvalue weighted by atomic mass is 10.0. The number of hydrogen-bond donors (Lipinski definition) is 3. The summed E-state index contributed by atoms with van der Waals surface area (Å²) in [6.07, 6.45) is 15.5. The average molecular weight is 257 g/mol. The van der Waals surface area contributed by atoms with E-state index in [0.717, 1.165) is 18.5 Å². The van der Waals surface area contributed by atoms with Crippen molar-refractivity contribution in [1.29, 1.82) is 0 Å². The molecule has 0 bridgehead atoms. The molecule has 0 radical (unpaired) electrons. The number of nitrogens with two attached hydrogens (primary N) is 1. The summed E-state index contributed by atoms with van der Waals surface area (Å²) in [5.74, 6) is 0. The molecular formula is C14H19N5. The van der Waals surface area contributed by atoms with Crippen LogP contribution in [0.2, 0.25) is 0 Å². The largest absolute Gasteiger partial charge is 0.344 e. The van der Waals surface area contributed by atoms with Crippen LogP contribution in [0.1, 0.15) is 12.0 Å². The van der Waals surface area contributed by atoms with Crippen LogP contribution in [0.15, 0.2) is 60.7 Å². The molecule has 3 heterocycles. The fourth-order valence-corrected chi connectivity index (χ4v) is 2.22. The monoisotopic (exact) mass is 257 g/mol. The van der Waals surface area contributed by atoms with Gasteiger partial charge < -0.3 is 11.9 Å². The van der Waals surface area contributed by atoms with Crippen molar-refractivity contribution < 1.29 is 0 Å². The molecule has 0 spiro atoms. The van der Waals surface area contributed by atoms with Crippen molar-refractivity contribution in [3.8, 4) is 0 Å². The molecule has 0 saturated carbocycles. The average Bonchev–Trinajstić information content (AvgIpc) is 2.74. The number of fused-ring (bicyclic) bond motifs is 1. The fraction of sp³-hybridized carbons (Fsp3) is 0.214. The molecule has 1 unspecified atom stereocenters. The highest BCUT2D eigenvalue weighted by atomic mass is 15.6. The first-order chi connectivity index (χ1) is 8.75. The number of allylic oxidation sites excluding steroid dienone is 3. The van der Waals surface area contributed by atoms with Crippen LogP contribution >= 0.6 is 0 Å². The van der Waals surface area contributed by atoms with Gasteiger partial charge in [0.25, 0.3) is 0 Å². The van der Waals surface area contributed by atoms with Crippen molar-refractivity contribution in [3.63, 3.8) is 0 Å². The van der Waals surface area contributed by atoms with Gasteiger partial charge in [-0.15, -0.1) is 0 Å². The lowest BCUT2D eigenvalue weighted by Crippen LogP contribution is -2.52. The lowest BCUT2D eigenvalue weighted by molar-refractivity contribution is 0.262. The Kier molecular flexibility index (Phi) is 3.80. The number of pyridine rings is 1. The fourth-order valence-electron chi connectivity index (χ4n) is 2.22. The van der Waals surface area contributed by atoms with Crippen LogP contribution in [-0.4, -0.2) is 15.7 Å². The first kappa shape index (κ1) is 13.5. The summed E-state index contributed by atoms with van der Waals surface area (Å²) >= 11 is 0. The van der Waals surface area contributed by atoms with E-state index in [1.807, 2.05) is 54.0 Å². The molecule has 0 amide bonds. The summed E-state index contributed by atoms with van der Waals surface area (Å²) < 4.78 is 0. The van der Waals surface area contributed by atoms with E-state index in [1.165, 1.54) is 5.56 Å². The maximum Gasteiger partial charge on any atom is 0.106 e. The molecule has 0 fully saturated rings. The minimum atomic E-state index is -0.475. The highest BCUT2D eigenvalue weighted by Gasteiger charge is 2.31. The van der Waals surface area contributed by atoms with Gasteiger partial charge in [0.1, 0.15) is 5.66 Å². The zero-order chi connectivity index (χ0) is 12.4. The third-order valence-electron chi connectivity index (χ3n) is 3.20. The van der Waals surface area contributed by atoms with E-state index in [0.29, 0.717) is 0 Å². The van der Waals surface area contributed by atoms with Crippen LogP contribution < -0.4 is 17.3 Å². The molecule has 100 valence electrons. The molecule has 1 aromatic heterocycles. The van der Waals surface area contributed by atoms with Crippen LogP contribution in [0.3, 0.4) is 0 Å². The van der Waals surface area contributed by atoms with Gasteiger partial charge in [-0.1, -0.05) is 6.08 Å². The van der Waals surface area contributed by atoms with E-state index in [1.54, 1.807) is 0 Å². The number of hydrazine groups is 1. The molecular weight excluding hydrogens is 238 g/mol. The SMILES string of the molecule is N.NC1(CCc2ccncc2)C=C2C=CC=CN2N1. The number of aromatic nitrogens is 1. The molecule has 1 atom stereocenters. The Balaban J connectivity index is 0.00000133. The van der Waals surface area contributed by atoms with E-state index in [-0.39, 0.29) is 6.15 Å². The Labute approximate surface area is 113 Å². The van der Waals surface area contributed by atoms with Gasteiger partial charge in [0.2, 0.25) is 0 Å². The Morgan fingerprint density at radius 2 is 2.05 bits per heavy atom.